The summed E-state index contributed by atoms with van der Waals surface area (Å²) in [6, 6.07) is 9.67. The molecule has 1 saturated heterocycles. The van der Waals surface area contributed by atoms with E-state index in [0.29, 0.717) is 43.9 Å². The molecule has 0 unspecified atom stereocenters. The van der Waals surface area contributed by atoms with Crippen molar-refractivity contribution in [1.29, 1.82) is 0 Å². The molecular formula is C19H23N5O3S. The molecule has 9 heteroatoms. The van der Waals surface area contributed by atoms with Gasteiger partial charge in [0.15, 0.2) is 0 Å². The van der Waals surface area contributed by atoms with Crippen LogP contribution in [0.5, 0.6) is 0 Å². The fourth-order valence-corrected chi connectivity index (χ4v) is 4.98. The van der Waals surface area contributed by atoms with Gasteiger partial charge in [-0.15, -0.1) is 0 Å². The standard InChI is InChI=1S/C19H23N5O3S/c1-3-18-20-21-19(25)17-12-16(13-24(17)18)28(26,27)23-10-8-22(9-11-23)15-6-4-14(2)5-7-15/h4-7,12-13H,3,8-11H2,1-2H3,(H,21,25). The Bertz CT molecular complexity index is 1160. The lowest BCUT2D eigenvalue weighted by molar-refractivity contribution is 0.385. The molecule has 8 nitrogen and oxygen atoms in total. The Morgan fingerprint density at radius 2 is 1.79 bits per heavy atom. The molecule has 0 amide bonds. The molecule has 1 aliphatic rings. The van der Waals surface area contributed by atoms with Crippen molar-refractivity contribution in [3.05, 3.63) is 58.3 Å². The van der Waals surface area contributed by atoms with Crippen LogP contribution in [-0.2, 0) is 16.4 Å². The number of H-pyrrole nitrogens is 1. The van der Waals surface area contributed by atoms with Crippen LogP contribution in [0.15, 0.2) is 46.2 Å². The Kier molecular flexibility index (Phi) is 4.72. The predicted octanol–water partition coefficient (Wildman–Crippen LogP) is 1.40. The quantitative estimate of drug-likeness (QED) is 0.714. The Morgan fingerprint density at radius 3 is 2.43 bits per heavy atom. The number of anilines is 1. The van der Waals surface area contributed by atoms with Gasteiger partial charge in [-0.25, -0.2) is 13.5 Å². The van der Waals surface area contributed by atoms with Gasteiger partial charge < -0.3 is 4.90 Å². The van der Waals surface area contributed by atoms with Crippen molar-refractivity contribution in [1.82, 2.24) is 18.9 Å². The molecular weight excluding hydrogens is 378 g/mol. The minimum Gasteiger partial charge on any atom is -0.369 e. The number of aromatic nitrogens is 3. The van der Waals surface area contributed by atoms with Crippen molar-refractivity contribution < 1.29 is 8.42 Å². The van der Waals surface area contributed by atoms with Gasteiger partial charge in [-0.2, -0.15) is 9.40 Å². The molecule has 1 N–H and O–H groups in total. The van der Waals surface area contributed by atoms with Gasteiger partial charge in [-0.3, -0.25) is 9.20 Å². The Balaban J connectivity index is 1.58. The highest BCUT2D eigenvalue weighted by Crippen LogP contribution is 2.23. The smallest absolute Gasteiger partial charge is 0.288 e. The summed E-state index contributed by atoms with van der Waals surface area (Å²) in [5, 5.41) is 6.42. The zero-order valence-corrected chi connectivity index (χ0v) is 16.7. The molecule has 1 aliphatic heterocycles. The molecule has 0 aliphatic carbocycles. The maximum atomic E-state index is 13.1. The second-order valence-electron chi connectivity index (χ2n) is 6.98. The number of aromatic amines is 1. The highest BCUT2D eigenvalue weighted by atomic mass is 32.2. The number of hydrogen-bond acceptors (Lipinski definition) is 5. The fourth-order valence-electron chi connectivity index (χ4n) is 3.54. The summed E-state index contributed by atoms with van der Waals surface area (Å²) in [5.41, 5.74) is 2.19. The number of benzene rings is 1. The topological polar surface area (TPSA) is 90.8 Å². The Hall–Kier alpha value is -2.65. The van der Waals surface area contributed by atoms with E-state index in [1.54, 1.807) is 4.40 Å². The fraction of sp³-hybridized carbons (Fsp3) is 0.368. The van der Waals surface area contributed by atoms with Gasteiger partial charge in [0.05, 0.1) is 0 Å². The normalized spacial score (nSPS) is 16.0. The number of nitrogens with zero attached hydrogens (tertiary/aromatic N) is 4. The highest BCUT2D eigenvalue weighted by Gasteiger charge is 2.30. The molecule has 148 valence electrons. The first-order chi connectivity index (χ1) is 13.4. The molecule has 0 saturated carbocycles. The third-order valence-corrected chi connectivity index (χ3v) is 7.05. The van der Waals surface area contributed by atoms with E-state index in [9.17, 15) is 13.2 Å². The molecule has 0 spiro atoms. The number of rotatable bonds is 4. The van der Waals surface area contributed by atoms with E-state index in [1.165, 1.54) is 22.1 Å². The average Bonchev–Trinajstić information content (AvgIpc) is 3.16. The minimum absolute atomic E-state index is 0.129. The third kappa shape index (κ3) is 3.20. The van der Waals surface area contributed by atoms with E-state index in [-0.39, 0.29) is 4.90 Å². The van der Waals surface area contributed by atoms with E-state index in [1.807, 2.05) is 13.8 Å². The largest absolute Gasteiger partial charge is 0.369 e. The van der Waals surface area contributed by atoms with Crippen LogP contribution < -0.4 is 10.5 Å². The lowest BCUT2D eigenvalue weighted by atomic mass is 10.2. The number of piperazine rings is 1. The van der Waals surface area contributed by atoms with Crippen LogP contribution in [0.25, 0.3) is 5.52 Å². The average molecular weight is 401 g/mol. The van der Waals surface area contributed by atoms with Crippen LogP contribution in [0.2, 0.25) is 0 Å². The summed E-state index contributed by atoms with van der Waals surface area (Å²) in [7, 11) is -3.67. The van der Waals surface area contributed by atoms with Crippen LogP contribution in [0.1, 0.15) is 18.3 Å². The molecule has 0 bridgehead atoms. The number of aryl methyl sites for hydroxylation is 2. The Morgan fingerprint density at radius 1 is 1.11 bits per heavy atom. The van der Waals surface area contributed by atoms with Crippen molar-refractivity contribution in [2.45, 2.75) is 25.2 Å². The predicted molar refractivity (Wildman–Crippen MR) is 107 cm³/mol. The van der Waals surface area contributed by atoms with Crippen LogP contribution in [0, 0.1) is 6.92 Å². The van der Waals surface area contributed by atoms with Gasteiger partial charge in [-0.1, -0.05) is 24.6 Å². The van der Waals surface area contributed by atoms with Crippen LogP contribution in [0.4, 0.5) is 5.69 Å². The van der Waals surface area contributed by atoms with Gasteiger partial charge >= 0.3 is 0 Å². The second kappa shape index (κ2) is 7.06. The first-order valence-electron chi connectivity index (χ1n) is 9.31. The summed E-state index contributed by atoms with van der Waals surface area (Å²) in [6.07, 6.45) is 2.08. The number of hydrogen-bond donors (Lipinski definition) is 1. The summed E-state index contributed by atoms with van der Waals surface area (Å²) >= 11 is 0. The minimum atomic E-state index is -3.67. The number of nitrogens with one attached hydrogen (secondary N) is 1. The van der Waals surface area contributed by atoms with Gasteiger partial charge in [0.25, 0.3) is 5.56 Å². The monoisotopic (exact) mass is 401 g/mol. The van der Waals surface area contributed by atoms with Crippen molar-refractivity contribution >= 4 is 21.2 Å². The van der Waals surface area contributed by atoms with E-state index in [4.69, 9.17) is 0 Å². The molecule has 1 fully saturated rings. The van der Waals surface area contributed by atoms with Crippen molar-refractivity contribution in [2.24, 2.45) is 0 Å². The molecule has 2 aromatic heterocycles. The molecule has 0 radical (unpaired) electrons. The summed E-state index contributed by atoms with van der Waals surface area (Å²) in [5.74, 6) is 0.611. The van der Waals surface area contributed by atoms with Crippen molar-refractivity contribution in [2.75, 3.05) is 31.1 Å². The van der Waals surface area contributed by atoms with Crippen LogP contribution in [-0.4, -0.2) is 53.5 Å². The SMILES string of the molecule is CCc1n[nH]c(=O)c2cc(S(=O)(=O)N3CCN(c4ccc(C)cc4)CC3)cn12. The van der Waals surface area contributed by atoms with Crippen LogP contribution >= 0.6 is 0 Å². The van der Waals surface area contributed by atoms with Gasteiger partial charge in [0.1, 0.15) is 16.2 Å². The second-order valence-corrected chi connectivity index (χ2v) is 8.92. The zero-order chi connectivity index (χ0) is 19.9. The van der Waals surface area contributed by atoms with Crippen LogP contribution in [0.3, 0.4) is 0 Å². The van der Waals surface area contributed by atoms with Gasteiger partial charge in [0, 0.05) is 44.5 Å². The molecule has 3 aromatic rings. The van der Waals surface area contributed by atoms with Crippen molar-refractivity contribution in [3.8, 4) is 0 Å². The van der Waals surface area contributed by atoms with E-state index >= 15 is 0 Å². The molecule has 3 heterocycles. The van der Waals surface area contributed by atoms with Gasteiger partial charge in [-0.05, 0) is 25.1 Å². The van der Waals surface area contributed by atoms with E-state index < -0.39 is 15.6 Å². The molecule has 28 heavy (non-hydrogen) atoms. The molecule has 0 atom stereocenters. The van der Waals surface area contributed by atoms with E-state index in [2.05, 4.69) is 39.4 Å². The summed E-state index contributed by atoms with van der Waals surface area (Å²) in [4.78, 5) is 14.3. The first-order valence-corrected chi connectivity index (χ1v) is 10.8. The van der Waals surface area contributed by atoms with E-state index in [0.717, 1.165) is 5.69 Å². The first kappa shape index (κ1) is 18.7. The highest BCUT2D eigenvalue weighted by molar-refractivity contribution is 7.89. The third-order valence-electron chi connectivity index (χ3n) is 5.18. The zero-order valence-electron chi connectivity index (χ0n) is 15.9. The summed E-state index contributed by atoms with van der Waals surface area (Å²) in [6.45, 7) is 5.99. The summed E-state index contributed by atoms with van der Waals surface area (Å²) < 4.78 is 29.3. The maximum absolute atomic E-state index is 13.1. The lowest BCUT2D eigenvalue weighted by Crippen LogP contribution is -2.48. The van der Waals surface area contributed by atoms with Gasteiger partial charge in [0.2, 0.25) is 10.0 Å². The number of sulfonamides is 1. The molecule has 4 rings (SSSR count). The lowest BCUT2D eigenvalue weighted by Gasteiger charge is -2.35. The van der Waals surface area contributed by atoms with Crippen molar-refractivity contribution in [3.63, 3.8) is 0 Å². The Labute approximate surface area is 163 Å². The number of fused-ring (bicyclic) bond motifs is 1. The maximum Gasteiger partial charge on any atom is 0.288 e. The molecule has 1 aromatic carbocycles.